The highest BCUT2D eigenvalue weighted by molar-refractivity contribution is 6.42. The van der Waals surface area contributed by atoms with Crippen LogP contribution in [0.2, 0.25) is 10.0 Å². The average Bonchev–Trinajstić information content (AvgIpc) is 2.49. The summed E-state index contributed by atoms with van der Waals surface area (Å²) in [6.07, 6.45) is 0. The smallest absolute Gasteiger partial charge is 0.255 e. The van der Waals surface area contributed by atoms with Gasteiger partial charge < -0.3 is 10.1 Å². The molecule has 0 aromatic heterocycles. The number of carbonyl (C=O) groups excluding carboxylic acids is 1. The van der Waals surface area contributed by atoms with E-state index >= 15 is 0 Å². The van der Waals surface area contributed by atoms with Crippen molar-refractivity contribution in [2.45, 2.75) is 13.8 Å². The van der Waals surface area contributed by atoms with Crippen LogP contribution in [0.5, 0.6) is 5.75 Å². The molecule has 3 nitrogen and oxygen atoms in total. The molecule has 2 aromatic carbocycles. The summed E-state index contributed by atoms with van der Waals surface area (Å²) in [5.41, 5.74) is 1.14. The molecule has 0 saturated carbocycles. The minimum Gasteiger partial charge on any atom is -0.493 e. The summed E-state index contributed by atoms with van der Waals surface area (Å²) in [4.78, 5) is 12.1. The second-order valence-electron chi connectivity index (χ2n) is 5.31. The fourth-order valence-electron chi connectivity index (χ4n) is 1.74. The molecule has 116 valence electrons. The Hall–Kier alpha value is -1.71. The summed E-state index contributed by atoms with van der Waals surface area (Å²) in [6, 6.07) is 12.0. The number of rotatable bonds is 5. The number of hydrogen-bond donors (Lipinski definition) is 1. The van der Waals surface area contributed by atoms with Crippen molar-refractivity contribution in [1.82, 2.24) is 0 Å². The third-order valence-corrected chi connectivity index (χ3v) is 3.62. The Kier molecular flexibility index (Phi) is 5.69. The van der Waals surface area contributed by atoms with Crippen molar-refractivity contribution < 1.29 is 9.53 Å². The lowest BCUT2D eigenvalue weighted by Gasteiger charge is -2.10. The molecule has 0 aliphatic heterocycles. The van der Waals surface area contributed by atoms with Crippen LogP contribution in [0, 0.1) is 5.92 Å². The third-order valence-electron chi connectivity index (χ3n) is 2.88. The van der Waals surface area contributed by atoms with E-state index < -0.39 is 0 Å². The van der Waals surface area contributed by atoms with Gasteiger partial charge in [0.05, 0.1) is 16.7 Å². The maximum absolute atomic E-state index is 12.1. The van der Waals surface area contributed by atoms with Crippen LogP contribution < -0.4 is 10.1 Å². The molecule has 0 atom stereocenters. The van der Waals surface area contributed by atoms with Gasteiger partial charge in [-0.15, -0.1) is 0 Å². The Morgan fingerprint density at radius 2 is 1.77 bits per heavy atom. The number of ether oxygens (including phenoxy) is 1. The Bertz CT molecular complexity index is 654. The van der Waals surface area contributed by atoms with Crippen molar-refractivity contribution in [1.29, 1.82) is 0 Å². The number of nitrogens with one attached hydrogen (secondary N) is 1. The van der Waals surface area contributed by atoms with Crippen LogP contribution >= 0.6 is 23.2 Å². The van der Waals surface area contributed by atoms with E-state index in [0.717, 1.165) is 5.75 Å². The number of amides is 1. The molecule has 22 heavy (non-hydrogen) atoms. The van der Waals surface area contributed by atoms with Gasteiger partial charge in [-0.2, -0.15) is 0 Å². The second kappa shape index (κ2) is 7.52. The molecule has 0 aliphatic rings. The van der Waals surface area contributed by atoms with Crippen LogP contribution in [-0.2, 0) is 0 Å². The quantitative estimate of drug-likeness (QED) is 0.805. The van der Waals surface area contributed by atoms with Crippen LogP contribution in [0.15, 0.2) is 42.5 Å². The molecule has 0 saturated heterocycles. The van der Waals surface area contributed by atoms with Crippen molar-refractivity contribution in [3.05, 3.63) is 58.1 Å². The van der Waals surface area contributed by atoms with E-state index in [9.17, 15) is 4.79 Å². The summed E-state index contributed by atoms with van der Waals surface area (Å²) < 4.78 is 5.60. The number of hydrogen-bond acceptors (Lipinski definition) is 2. The predicted molar refractivity (Wildman–Crippen MR) is 91.2 cm³/mol. The fraction of sp³-hybridized carbons (Fsp3) is 0.235. The van der Waals surface area contributed by atoms with Gasteiger partial charge in [-0.05, 0) is 48.4 Å². The normalized spacial score (nSPS) is 10.6. The van der Waals surface area contributed by atoms with Gasteiger partial charge >= 0.3 is 0 Å². The summed E-state index contributed by atoms with van der Waals surface area (Å²) in [5, 5.41) is 3.58. The first-order chi connectivity index (χ1) is 10.5. The summed E-state index contributed by atoms with van der Waals surface area (Å²) >= 11 is 11.8. The standard InChI is InChI=1S/C17H17Cl2NO2/c1-11(2)10-22-14-6-4-13(5-7-14)20-17(21)12-3-8-15(18)16(19)9-12/h3-9,11H,10H2,1-2H3,(H,20,21). The average molecular weight is 338 g/mol. The summed E-state index contributed by atoms with van der Waals surface area (Å²) in [5.74, 6) is 1.00. The van der Waals surface area contributed by atoms with Crippen LogP contribution in [0.25, 0.3) is 0 Å². The fourth-order valence-corrected chi connectivity index (χ4v) is 2.04. The molecule has 0 unspecified atom stereocenters. The van der Waals surface area contributed by atoms with Crippen LogP contribution in [0.3, 0.4) is 0 Å². The zero-order valence-corrected chi connectivity index (χ0v) is 13.9. The van der Waals surface area contributed by atoms with Crippen molar-refractivity contribution in [2.75, 3.05) is 11.9 Å². The van der Waals surface area contributed by atoms with Gasteiger partial charge in [-0.3, -0.25) is 4.79 Å². The lowest BCUT2D eigenvalue weighted by atomic mass is 10.2. The zero-order valence-electron chi connectivity index (χ0n) is 12.4. The maximum atomic E-state index is 12.1. The van der Waals surface area contributed by atoms with E-state index in [1.807, 2.05) is 12.1 Å². The lowest BCUT2D eigenvalue weighted by Crippen LogP contribution is -2.11. The monoisotopic (exact) mass is 337 g/mol. The first kappa shape index (κ1) is 16.7. The molecule has 1 amide bonds. The minimum absolute atomic E-state index is 0.241. The molecule has 0 aliphatic carbocycles. The number of carbonyl (C=O) groups is 1. The minimum atomic E-state index is -0.241. The van der Waals surface area contributed by atoms with E-state index in [4.69, 9.17) is 27.9 Å². The second-order valence-corrected chi connectivity index (χ2v) is 6.13. The van der Waals surface area contributed by atoms with Gasteiger partial charge in [0.15, 0.2) is 0 Å². The van der Waals surface area contributed by atoms with Crippen molar-refractivity contribution in [3.8, 4) is 5.75 Å². The molecule has 0 fully saturated rings. The molecule has 1 N–H and O–H groups in total. The predicted octanol–water partition coefficient (Wildman–Crippen LogP) is 5.28. The largest absolute Gasteiger partial charge is 0.493 e. The summed E-state index contributed by atoms with van der Waals surface area (Å²) in [7, 11) is 0. The van der Waals surface area contributed by atoms with Gasteiger partial charge in [0.2, 0.25) is 0 Å². The van der Waals surface area contributed by atoms with Crippen LogP contribution in [0.4, 0.5) is 5.69 Å². The Labute approximate surface area is 140 Å². The van der Waals surface area contributed by atoms with Crippen molar-refractivity contribution >= 4 is 34.8 Å². The number of anilines is 1. The van der Waals surface area contributed by atoms with Crippen LogP contribution in [-0.4, -0.2) is 12.5 Å². The van der Waals surface area contributed by atoms with E-state index in [-0.39, 0.29) is 5.91 Å². The Balaban J connectivity index is 2.00. The van der Waals surface area contributed by atoms with E-state index in [2.05, 4.69) is 19.2 Å². The van der Waals surface area contributed by atoms with Gasteiger partial charge in [0.1, 0.15) is 5.75 Å². The SMILES string of the molecule is CC(C)COc1ccc(NC(=O)c2ccc(Cl)c(Cl)c2)cc1. The van der Waals surface area contributed by atoms with Gasteiger partial charge in [0, 0.05) is 11.3 Å². The first-order valence-electron chi connectivity index (χ1n) is 6.95. The maximum Gasteiger partial charge on any atom is 0.255 e. The highest BCUT2D eigenvalue weighted by Crippen LogP contribution is 2.23. The molecular formula is C17H17Cl2NO2. The van der Waals surface area contributed by atoms with E-state index in [1.54, 1.807) is 30.3 Å². The lowest BCUT2D eigenvalue weighted by molar-refractivity contribution is 0.102. The third kappa shape index (κ3) is 4.65. The van der Waals surface area contributed by atoms with Gasteiger partial charge in [0.25, 0.3) is 5.91 Å². The molecule has 0 spiro atoms. The highest BCUT2D eigenvalue weighted by Gasteiger charge is 2.08. The molecule has 5 heteroatoms. The molecule has 2 rings (SSSR count). The van der Waals surface area contributed by atoms with Crippen molar-refractivity contribution in [3.63, 3.8) is 0 Å². The first-order valence-corrected chi connectivity index (χ1v) is 7.70. The topological polar surface area (TPSA) is 38.3 Å². The molecular weight excluding hydrogens is 321 g/mol. The molecule has 0 heterocycles. The van der Waals surface area contributed by atoms with Crippen LogP contribution in [0.1, 0.15) is 24.2 Å². The van der Waals surface area contributed by atoms with Gasteiger partial charge in [-0.25, -0.2) is 0 Å². The number of halogens is 2. The number of benzene rings is 2. The van der Waals surface area contributed by atoms with Gasteiger partial charge in [-0.1, -0.05) is 37.0 Å². The summed E-state index contributed by atoms with van der Waals surface area (Å²) in [6.45, 7) is 4.84. The Morgan fingerprint density at radius 1 is 1.09 bits per heavy atom. The van der Waals surface area contributed by atoms with E-state index in [0.29, 0.717) is 33.8 Å². The molecule has 2 aromatic rings. The van der Waals surface area contributed by atoms with E-state index in [1.165, 1.54) is 0 Å². The molecule has 0 radical (unpaired) electrons. The molecule has 0 bridgehead atoms. The van der Waals surface area contributed by atoms with Crippen molar-refractivity contribution in [2.24, 2.45) is 5.92 Å². The zero-order chi connectivity index (χ0) is 16.1. The Morgan fingerprint density at radius 3 is 2.36 bits per heavy atom. The highest BCUT2D eigenvalue weighted by atomic mass is 35.5.